The van der Waals surface area contributed by atoms with Crippen LogP contribution in [0.15, 0.2) is 30.3 Å². The molecule has 4 bridgehead atoms. The average molecular weight is 464 g/mol. The predicted octanol–water partition coefficient (Wildman–Crippen LogP) is 4.96. The van der Waals surface area contributed by atoms with Gasteiger partial charge in [0, 0.05) is 43.5 Å². The van der Waals surface area contributed by atoms with E-state index in [1.165, 1.54) is 38.5 Å². The van der Waals surface area contributed by atoms with Gasteiger partial charge in [-0.1, -0.05) is 19.9 Å². The van der Waals surface area contributed by atoms with Crippen LogP contribution in [-0.2, 0) is 4.79 Å². The number of pyridine rings is 1. The molecule has 183 valence electrons. The van der Waals surface area contributed by atoms with Gasteiger partial charge in [0.1, 0.15) is 5.82 Å². The van der Waals surface area contributed by atoms with Crippen molar-refractivity contribution in [1.29, 1.82) is 0 Å². The summed E-state index contributed by atoms with van der Waals surface area (Å²) in [5.74, 6) is 3.56. The Morgan fingerprint density at radius 1 is 1.09 bits per heavy atom. The lowest BCUT2D eigenvalue weighted by molar-refractivity contribution is -0.124. The fourth-order valence-electron chi connectivity index (χ4n) is 7.06. The molecule has 0 atom stereocenters. The standard InChI is InChI=1S/C28H39N4O2/c1-27(2,18-33)17-29-8-9-30-25-7-6-22-23(31-25)4-3-5-24(22)32-26(34)16-28-13-19-10-20(14-28)12-21(11-19)15-28/h3-7,17,19-21,29,33H,8-16,18H2,1-2H3,(H,30,31)(H,32,34). The van der Waals surface area contributed by atoms with Crippen molar-refractivity contribution in [2.24, 2.45) is 28.6 Å². The highest BCUT2D eigenvalue weighted by molar-refractivity contribution is 6.01. The fraction of sp³-hybridized carbons (Fsp3) is 0.607. The number of carbonyl (C=O) groups excluding carboxylic acids is 1. The molecule has 1 heterocycles. The van der Waals surface area contributed by atoms with Crippen molar-refractivity contribution in [3.63, 3.8) is 0 Å². The van der Waals surface area contributed by atoms with Crippen LogP contribution in [0.4, 0.5) is 11.5 Å². The van der Waals surface area contributed by atoms with E-state index in [9.17, 15) is 9.90 Å². The van der Waals surface area contributed by atoms with E-state index in [0.717, 1.165) is 53.3 Å². The van der Waals surface area contributed by atoms with Crippen LogP contribution in [-0.4, -0.2) is 35.7 Å². The van der Waals surface area contributed by atoms with Gasteiger partial charge in [-0.05, 0) is 86.0 Å². The smallest absolute Gasteiger partial charge is 0.224 e. The van der Waals surface area contributed by atoms with Crippen molar-refractivity contribution in [1.82, 2.24) is 10.3 Å². The summed E-state index contributed by atoms with van der Waals surface area (Å²) in [4.78, 5) is 17.9. The lowest BCUT2D eigenvalue weighted by atomic mass is 9.49. The SMILES string of the molecule is CC(C)([CH]NCCNc1ccc2c(NC(=O)CC34CC5CC(CC(C5)C3)C4)cccc2n1)CO. The number of aromatic nitrogens is 1. The van der Waals surface area contributed by atoms with E-state index in [1.807, 2.05) is 50.7 Å². The largest absolute Gasteiger partial charge is 0.396 e. The van der Waals surface area contributed by atoms with Gasteiger partial charge in [0.2, 0.25) is 5.91 Å². The number of aliphatic hydroxyl groups excluding tert-OH is 1. The van der Waals surface area contributed by atoms with Gasteiger partial charge in [0.15, 0.2) is 0 Å². The summed E-state index contributed by atoms with van der Waals surface area (Å²) in [6.45, 7) is 7.47. The second-order valence-corrected chi connectivity index (χ2v) is 11.9. The number of fused-ring (bicyclic) bond motifs is 1. The van der Waals surface area contributed by atoms with Crippen LogP contribution >= 0.6 is 0 Å². The molecule has 4 saturated carbocycles. The minimum absolute atomic E-state index is 0.112. The Hall–Kier alpha value is -2.18. The zero-order valence-corrected chi connectivity index (χ0v) is 20.6. The number of amides is 1. The van der Waals surface area contributed by atoms with Gasteiger partial charge in [0.25, 0.3) is 0 Å². The Labute approximate surface area is 203 Å². The first-order chi connectivity index (χ1) is 16.3. The Kier molecular flexibility index (Phi) is 6.56. The van der Waals surface area contributed by atoms with Crippen LogP contribution in [0, 0.1) is 35.1 Å². The topological polar surface area (TPSA) is 86.3 Å². The molecule has 0 unspecified atom stereocenters. The minimum Gasteiger partial charge on any atom is -0.396 e. The Bertz CT molecular complexity index is 999. The van der Waals surface area contributed by atoms with Gasteiger partial charge >= 0.3 is 0 Å². The molecule has 0 aliphatic heterocycles. The molecular weight excluding hydrogens is 424 g/mol. The summed E-state index contributed by atoms with van der Waals surface area (Å²) in [5.41, 5.74) is 1.74. The maximum atomic E-state index is 13.1. The first-order valence-electron chi connectivity index (χ1n) is 13.0. The zero-order chi connectivity index (χ0) is 23.8. The summed E-state index contributed by atoms with van der Waals surface area (Å²) in [7, 11) is 0. The number of hydrogen-bond acceptors (Lipinski definition) is 5. The second kappa shape index (κ2) is 9.46. The maximum absolute atomic E-state index is 13.1. The molecule has 0 spiro atoms. The highest BCUT2D eigenvalue weighted by atomic mass is 16.3. The monoisotopic (exact) mass is 463 g/mol. The molecular formula is C28H39N4O2. The maximum Gasteiger partial charge on any atom is 0.224 e. The van der Waals surface area contributed by atoms with Crippen LogP contribution in [0.2, 0.25) is 0 Å². The van der Waals surface area contributed by atoms with E-state index < -0.39 is 0 Å². The highest BCUT2D eigenvalue weighted by Gasteiger charge is 2.51. The van der Waals surface area contributed by atoms with Gasteiger partial charge in [-0.15, -0.1) is 0 Å². The molecule has 2 aromatic rings. The van der Waals surface area contributed by atoms with Crippen LogP contribution in [0.1, 0.15) is 58.8 Å². The molecule has 4 aliphatic carbocycles. The molecule has 0 saturated heterocycles. The van der Waals surface area contributed by atoms with E-state index in [0.29, 0.717) is 6.42 Å². The third-order valence-electron chi connectivity index (χ3n) is 8.18. The first kappa shape index (κ1) is 23.6. The van der Waals surface area contributed by atoms with Crippen molar-refractivity contribution in [3.05, 3.63) is 36.9 Å². The Morgan fingerprint density at radius 3 is 2.47 bits per heavy atom. The zero-order valence-electron chi connectivity index (χ0n) is 20.6. The molecule has 6 nitrogen and oxygen atoms in total. The van der Waals surface area contributed by atoms with E-state index >= 15 is 0 Å². The molecule has 6 heteroatoms. The quantitative estimate of drug-likeness (QED) is 0.374. The van der Waals surface area contributed by atoms with E-state index in [-0.39, 0.29) is 23.3 Å². The number of nitrogens with one attached hydrogen (secondary N) is 3. The Morgan fingerprint density at radius 2 is 1.79 bits per heavy atom. The molecule has 1 aromatic carbocycles. The molecule has 1 radical (unpaired) electrons. The third kappa shape index (κ3) is 5.23. The van der Waals surface area contributed by atoms with Gasteiger partial charge in [0.05, 0.1) is 11.2 Å². The van der Waals surface area contributed by atoms with Gasteiger partial charge < -0.3 is 21.1 Å². The highest BCUT2D eigenvalue weighted by Crippen LogP contribution is 2.61. The number of carbonyl (C=O) groups is 1. The van der Waals surface area contributed by atoms with E-state index in [4.69, 9.17) is 4.98 Å². The first-order valence-corrected chi connectivity index (χ1v) is 13.0. The van der Waals surface area contributed by atoms with Gasteiger partial charge in [-0.3, -0.25) is 4.79 Å². The Balaban J connectivity index is 1.18. The average Bonchev–Trinajstić information content (AvgIpc) is 2.77. The predicted molar refractivity (Wildman–Crippen MR) is 137 cm³/mol. The number of hydrogen-bond donors (Lipinski definition) is 4. The van der Waals surface area contributed by atoms with Crippen LogP contribution < -0.4 is 16.0 Å². The van der Waals surface area contributed by atoms with Crippen LogP contribution in [0.25, 0.3) is 10.9 Å². The second-order valence-electron chi connectivity index (χ2n) is 11.9. The number of aliphatic hydroxyl groups is 1. The van der Waals surface area contributed by atoms with Gasteiger partial charge in [-0.25, -0.2) is 4.98 Å². The molecule has 6 rings (SSSR count). The van der Waals surface area contributed by atoms with Crippen LogP contribution in [0.5, 0.6) is 0 Å². The summed E-state index contributed by atoms with van der Waals surface area (Å²) in [6, 6.07) is 9.95. The summed E-state index contributed by atoms with van der Waals surface area (Å²) in [6.07, 6.45) is 8.63. The molecule has 1 amide bonds. The lowest BCUT2D eigenvalue weighted by Gasteiger charge is -2.56. The molecule has 4 aliphatic rings. The van der Waals surface area contributed by atoms with Crippen molar-refractivity contribution < 1.29 is 9.90 Å². The molecule has 1 aromatic heterocycles. The number of benzene rings is 1. The van der Waals surface area contributed by atoms with Crippen molar-refractivity contribution in [3.8, 4) is 0 Å². The van der Waals surface area contributed by atoms with Crippen molar-refractivity contribution in [2.75, 3.05) is 30.3 Å². The number of rotatable bonds is 10. The summed E-state index contributed by atoms with van der Waals surface area (Å²) < 4.78 is 0. The molecule has 34 heavy (non-hydrogen) atoms. The third-order valence-corrected chi connectivity index (χ3v) is 8.18. The summed E-state index contributed by atoms with van der Waals surface area (Å²) >= 11 is 0. The lowest BCUT2D eigenvalue weighted by Crippen LogP contribution is -2.47. The fourth-order valence-corrected chi connectivity index (χ4v) is 7.06. The van der Waals surface area contributed by atoms with Crippen molar-refractivity contribution >= 4 is 28.3 Å². The summed E-state index contributed by atoms with van der Waals surface area (Å²) in [5, 5.41) is 20.1. The van der Waals surface area contributed by atoms with Gasteiger partial charge in [-0.2, -0.15) is 0 Å². The molecule has 4 fully saturated rings. The minimum atomic E-state index is -0.238. The van der Waals surface area contributed by atoms with E-state index in [2.05, 4.69) is 16.0 Å². The number of anilines is 2. The van der Waals surface area contributed by atoms with Crippen LogP contribution in [0.3, 0.4) is 0 Å². The normalized spacial score (nSPS) is 27.8. The number of nitrogens with zero attached hydrogens (tertiary/aromatic N) is 1. The van der Waals surface area contributed by atoms with E-state index in [1.54, 1.807) is 0 Å². The van der Waals surface area contributed by atoms with Crippen molar-refractivity contribution in [2.45, 2.75) is 58.8 Å². The molecule has 4 N–H and O–H groups in total.